The zero-order chi connectivity index (χ0) is 18.8. The fourth-order valence-electron chi connectivity index (χ4n) is 2.65. The van der Waals surface area contributed by atoms with Gasteiger partial charge in [0.2, 0.25) is 0 Å². The van der Waals surface area contributed by atoms with Crippen molar-refractivity contribution in [2.75, 3.05) is 0 Å². The third-order valence-electron chi connectivity index (χ3n) is 4.06. The summed E-state index contributed by atoms with van der Waals surface area (Å²) in [5, 5.41) is 6.92. The molecule has 3 aromatic heterocycles. The number of hydrogen-bond acceptors (Lipinski definition) is 6. The molecule has 0 saturated carbocycles. The third kappa shape index (κ3) is 3.85. The second kappa shape index (κ2) is 7.72. The van der Waals surface area contributed by atoms with E-state index in [9.17, 15) is 4.79 Å². The van der Waals surface area contributed by atoms with Crippen LogP contribution in [0.25, 0.3) is 20.5 Å². The molecule has 0 aliphatic rings. The van der Waals surface area contributed by atoms with Crippen LogP contribution in [0.4, 0.5) is 0 Å². The Morgan fingerprint density at radius 2 is 1.74 bits per heavy atom. The van der Waals surface area contributed by atoms with E-state index in [1.165, 1.54) is 11.3 Å². The second-order valence-corrected chi connectivity index (χ2v) is 9.02. The van der Waals surface area contributed by atoms with Gasteiger partial charge in [-0.2, -0.15) is 0 Å². The summed E-state index contributed by atoms with van der Waals surface area (Å²) in [5.41, 5.74) is 2.83. The Hall–Kier alpha value is -2.35. The van der Waals surface area contributed by atoms with Gasteiger partial charge in [0.1, 0.15) is 14.9 Å². The largest absolute Gasteiger partial charge is 0.346 e. The number of aromatic nitrogens is 2. The van der Waals surface area contributed by atoms with Crippen LogP contribution in [-0.2, 0) is 6.54 Å². The molecule has 0 bridgehead atoms. The monoisotopic (exact) mass is 411 g/mol. The van der Waals surface area contributed by atoms with E-state index < -0.39 is 0 Å². The lowest BCUT2D eigenvalue weighted by Gasteiger charge is -2.02. The van der Waals surface area contributed by atoms with E-state index in [4.69, 9.17) is 0 Å². The van der Waals surface area contributed by atoms with Crippen LogP contribution in [0.2, 0.25) is 0 Å². The Morgan fingerprint density at radius 1 is 0.963 bits per heavy atom. The van der Waals surface area contributed by atoms with Crippen LogP contribution in [0, 0.1) is 13.8 Å². The van der Waals surface area contributed by atoms with Crippen LogP contribution in [0.5, 0.6) is 0 Å². The number of carbonyl (C=O) groups excluding carboxylic acids is 1. The van der Waals surface area contributed by atoms with Gasteiger partial charge in [0, 0.05) is 10.4 Å². The van der Waals surface area contributed by atoms with Gasteiger partial charge in [-0.3, -0.25) is 4.79 Å². The van der Waals surface area contributed by atoms with Crippen molar-refractivity contribution in [3.8, 4) is 20.5 Å². The van der Waals surface area contributed by atoms with E-state index in [0.717, 1.165) is 36.7 Å². The molecule has 1 amide bonds. The van der Waals surface area contributed by atoms with Crippen molar-refractivity contribution in [3.05, 3.63) is 69.0 Å². The molecule has 1 N–H and O–H groups in total. The van der Waals surface area contributed by atoms with Gasteiger partial charge in [0.15, 0.2) is 0 Å². The molecule has 0 spiro atoms. The van der Waals surface area contributed by atoms with Gasteiger partial charge in [-0.15, -0.1) is 34.0 Å². The quantitative estimate of drug-likeness (QED) is 0.469. The minimum absolute atomic E-state index is 0.0816. The van der Waals surface area contributed by atoms with Crippen LogP contribution in [0.1, 0.15) is 25.9 Å². The molecule has 27 heavy (non-hydrogen) atoms. The number of amides is 1. The molecule has 4 aromatic rings. The minimum atomic E-state index is -0.0816. The van der Waals surface area contributed by atoms with Crippen LogP contribution < -0.4 is 5.32 Å². The Kier molecular flexibility index (Phi) is 5.15. The van der Waals surface area contributed by atoms with Gasteiger partial charge in [0.25, 0.3) is 5.91 Å². The van der Waals surface area contributed by atoms with E-state index in [1.807, 2.05) is 61.7 Å². The molecule has 0 fully saturated rings. The van der Waals surface area contributed by atoms with Crippen molar-refractivity contribution in [2.45, 2.75) is 20.4 Å². The molecule has 0 aliphatic carbocycles. The van der Waals surface area contributed by atoms with E-state index in [-0.39, 0.29) is 5.91 Å². The number of carbonyl (C=O) groups is 1. The summed E-state index contributed by atoms with van der Waals surface area (Å²) in [6.07, 6.45) is 0. The maximum absolute atomic E-state index is 12.7. The summed E-state index contributed by atoms with van der Waals surface area (Å²) < 4.78 is 0. The molecule has 0 saturated heterocycles. The smallest absolute Gasteiger partial charge is 0.263 e. The summed E-state index contributed by atoms with van der Waals surface area (Å²) in [6, 6.07) is 14.1. The summed E-state index contributed by atoms with van der Waals surface area (Å²) in [7, 11) is 0. The van der Waals surface area contributed by atoms with Crippen LogP contribution in [0.3, 0.4) is 0 Å². The fraction of sp³-hybridized carbons (Fsp3) is 0.150. The number of nitrogens with one attached hydrogen (secondary N) is 1. The highest BCUT2D eigenvalue weighted by atomic mass is 32.1. The standard InChI is InChI=1S/C20H17N3OS3/c1-12-16(26-19(22-12)14-7-4-3-5-8-14)11-21-18(24)17-13(2)23-20(27-17)15-9-6-10-25-15/h3-10H,11H2,1-2H3,(H,21,24). The lowest BCUT2D eigenvalue weighted by atomic mass is 10.2. The van der Waals surface area contributed by atoms with Crippen molar-refractivity contribution in [1.29, 1.82) is 0 Å². The average Bonchev–Trinajstić information content (AvgIpc) is 3.40. The van der Waals surface area contributed by atoms with E-state index in [2.05, 4.69) is 15.3 Å². The SMILES string of the molecule is Cc1nc(-c2ccccc2)sc1CNC(=O)c1sc(-c2cccs2)nc1C. The first-order chi connectivity index (χ1) is 13.1. The number of hydrogen-bond donors (Lipinski definition) is 1. The van der Waals surface area contributed by atoms with Crippen molar-refractivity contribution >= 4 is 39.9 Å². The molecule has 0 atom stereocenters. The zero-order valence-corrected chi connectivity index (χ0v) is 17.3. The van der Waals surface area contributed by atoms with Gasteiger partial charge < -0.3 is 5.32 Å². The fourth-order valence-corrected chi connectivity index (χ4v) is 5.44. The van der Waals surface area contributed by atoms with Crippen molar-refractivity contribution in [3.63, 3.8) is 0 Å². The van der Waals surface area contributed by atoms with Crippen molar-refractivity contribution < 1.29 is 4.79 Å². The topological polar surface area (TPSA) is 54.9 Å². The lowest BCUT2D eigenvalue weighted by molar-refractivity contribution is 0.0954. The number of thiazole rings is 2. The Bertz CT molecular complexity index is 1070. The minimum Gasteiger partial charge on any atom is -0.346 e. The van der Waals surface area contributed by atoms with Gasteiger partial charge in [0.05, 0.1) is 22.8 Å². The number of rotatable bonds is 5. The Labute approximate surface area is 169 Å². The van der Waals surface area contributed by atoms with Gasteiger partial charge in [-0.05, 0) is 25.3 Å². The highest BCUT2D eigenvalue weighted by molar-refractivity contribution is 7.22. The number of benzene rings is 1. The average molecular weight is 412 g/mol. The molecule has 136 valence electrons. The van der Waals surface area contributed by atoms with Crippen molar-refractivity contribution in [2.24, 2.45) is 0 Å². The second-order valence-electron chi connectivity index (χ2n) is 5.99. The van der Waals surface area contributed by atoms with Gasteiger partial charge >= 0.3 is 0 Å². The lowest BCUT2D eigenvalue weighted by Crippen LogP contribution is -2.22. The van der Waals surface area contributed by atoms with E-state index >= 15 is 0 Å². The predicted molar refractivity (Wildman–Crippen MR) is 114 cm³/mol. The number of aryl methyl sites for hydroxylation is 2. The third-order valence-corrected chi connectivity index (χ3v) is 7.46. The molecular weight excluding hydrogens is 394 g/mol. The number of nitrogens with zero attached hydrogens (tertiary/aromatic N) is 2. The summed E-state index contributed by atoms with van der Waals surface area (Å²) >= 11 is 4.69. The molecule has 1 aromatic carbocycles. The first-order valence-corrected chi connectivity index (χ1v) is 10.9. The van der Waals surface area contributed by atoms with Crippen molar-refractivity contribution in [1.82, 2.24) is 15.3 Å². The Morgan fingerprint density at radius 3 is 2.48 bits per heavy atom. The summed E-state index contributed by atoms with van der Waals surface area (Å²) in [5.74, 6) is -0.0816. The Balaban J connectivity index is 1.48. The van der Waals surface area contributed by atoms with Crippen LogP contribution in [0.15, 0.2) is 47.8 Å². The first-order valence-electron chi connectivity index (χ1n) is 8.43. The van der Waals surface area contributed by atoms with Gasteiger partial charge in [-0.25, -0.2) is 9.97 Å². The van der Waals surface area contributed by atoms with E-state index in [0.29, 0.717) is 11.4 Å². The molecular formula is C20H17N3OS3. The predicted octanol–water partition coefficient (Wildman–Crippen LogP) is 5.54. The molecule has 0 aliphatic heterocycles. The summed E-state index contributed by atoms with van der Waals surface area (Å²) in [6.45, 7) is 4.34. The van der Waals surface area contributed by atoms with Crippen LogP contribution >= 0.6 is 34.0 Å². The summed E-state index contributed by atoms with van der Waals surface area (Å²) in [4.78, 5) is 24.7. The van der Waals surface area contributed by atoms with Crippen LogP contribution in [-0.4, -0.2) is 15.9 Å². The highest BCUT2D eigenvalue weighted by Gasteiger charge is 2.17. The molecule has 4 rings (SSSR count). The highest BCUT2D eigenvalue weighted by Crippen LogP contribution is 2.31. The first kappa shape index (κ1) is 18.0. The normalized spacial score (nSPS) is 10.9. The molecule has 0 radical (unpaired) electrons. The zero-order valence-electron chi connectivity index (χ0n) is 14.9. The maximum atomic E-state index is 12.7. The molecule has 3 heterocycles. The number of thiophene rings is 1. The molecule has 0 unspecified atom stereocenters. The molecule has 4 nitrogen and oxygen atoms in total. The molecule has 7 heteroatoms. The maximum Gasteiger partial charge on any atom is 0.263 e. The van der Waals surface area contributed by atoms with E-state index in [1.54, 1.807) is 22.7 Å². The van der Waals surface area contributed by atoms with Gasteiger partial charge in [-0.1, -0.05) is 36.4 Å².